The average Bonchev–Trinajstić information content (AvgIpc) is 2.36. The van der Waals surface area contributed by atoms with Gasteiger partial charge in [0.05, 0.1) is 2.74 Å². The zero-order valence-electron chi connectivity index (χ0n) is 13.1. The lowest BCUT2D eigenvalue weighted by atomic mass is 9.86. The Kier molecular flexibility index (Phi) is 2.89. The number of nitrogens with zero attached hydrogens (tertiary/aromatic N) is 1. The third-order valence-electron chi connectivity index (χ3n) is 2.97. The van der Waals surface area contributed by atoms with Gasteiger partial charge in [-0.1, -0.05) is 45.0 Å². The van der Waals surface area contributed by atoms with Crippen molar-refractivity contribution in [3.05, 3.63) is 52.2 Å². The summed E-state index contributed by atoms with van der Waals surface area (Å²) in [6, 6.07) is 8.53. The van der Waals surface area contributed by atoms with Gasteiger partial charge in [0, 0.05) is 11.7 Å². The number of hydrogen-bond acceptors (Lipinski definition) is 1. The fourth-order valence-corrected chi connectivity index (χ4v) is 2.24. The molecule has 0 aliphatic rings. The summed E-state index contributed by atoms with van der Waals surface area (Å²) in [6.45, 7) is 8.38. The van der Waals surface area contributed by atoms with Crippen molar-refractivity contribution in [2.45, 2.75) is 33.1 Å². The van der Waals surface area contributed by atoms with Crippen molar-refractivity contribution >= 4 is 15.9 Å². The Morgan fingerprint density at radius 3 is 2.33 bits per heavy atom. The lowest BCUT2D eigenvalue weighted by molar-refractivity contribution is 0.590. The van der Waals surface area contributed by atoms with E-state index < -0.39 is 0 Å². The topological polar surface area (TPSA) is 12.9 Å². The van der Waals surface area contributed by atoms with Crippen LogP contribution in [0.3, 0.4) is 0 Å². The van der Waals surface area contributed by atoms with Crippen LogP contribution in [-0.2, 0) is 5.41 Å². The predicted octanol–water partition coefficient (Wildman–Crippen LogP) is 5.12. The molecule has 18 heavy (non-hydrogen) atoms. The Morgan fingerprint density at radius 2 is 1.78 bits per heavy atom. The molecule has 1 aromatic heterocycles. The molecular formula is C16H18BrN. The van der Waals surface area contributed by atoms with Crippen LogP contribution >= 0.6 is 15.9 Å². The van der Waals surface area contributed by atoms with E-state index in [1.165, 1.54) is 5.56 Å². The smallest absolute Gasteiger partial charge is 0.106 e. The molecule has 0 fully saturated rings. The van der Waals surface area contributed by atoms with Crippen LogP contribution in [0, 0.1) is 6.92 Å². The molecule has 0 saturated carbocycles. The summed E-state index contributed by atoms with van der Waals surface area (Å²) >= 11 is 3.22. The highest BCUT2D eigenvalue weighted by atomic mass is 79.9. The fraction of sp³-hybridized carbons (Fsp3) is 0.312. The predicted molar refractivity (Wildman–Crippen MR) is 80.8 cm³/mol. The number of halogens is 1. The third-order valence-corrected chi connectivity index (χ3v) is 3.35. The monoisotopic (exact) mass is 305 g/mol. The van der Waals surface area contributed by atoms with Crippen molar-refractivity contribution in [2.24, 2.45) is 0 Å². The van der Waals surface area contributed by atoms with Crippen molar-refractivity contribution in [1.82, 2.24) is 4.98 Å². The van der Waals surface area contributed by atoms with Gasteiger partial charge in [0.15, 0.2) is 0 Å². The van der Waals surface area contributed by atoms with E-state index in [1.807, 2.05) is 19.1 Å². The van der Waals surface area contributed by atoms with Crippen LogP contribution in [0.4, 0.5) is 0 Å². The summed E-state index contributed by atoms with van der Waals surface area (Å²) in [6.07, 6.45) is 0.203. The summed E-state index contributed by atoms with van der Waals surface area (Å²) < 4.78 is 16.4. The van der Waals surface area contributed by atoms with Gasteiger partial charge in [0.2, 0.25) is 0 Å². The average molecular weight is 306 g/mol. The van der Waals surface area contributed by atoms with Crippen LogP contribution in [-0.4, -0.2) is 4.98 Å². The highest BCUT2D eigenvalue weighted by Crippen LogP contribution is 2.28. The standard InChI is InChI=1S/C16H18BrN/c1-11-9-15(17)18-10-14(11)12-5-7-13(8-6-12)16(2,3)4/h5-10H,1-4H3/i9D,10D. The number of pyridine rings is 1. The second-order valence-electron chi connectivity index (χ2n) is 5.47. The van der Waals surface area contributed by atoms with Crippen LogP contribution in [0.2, 0.25) is 0 Å². The Labute approximate surface area is 120 Å². The molecule has 0 radical (unpaired) electrons. The summed E-state index contributed by atoms with van der Waals surface area (Å²) in [7, 11) is 0. The van der Waals surface area contributed by atoms with Gasteiger partial charge in [-0.25, -0.2) is 4.98 Å². The van der Waals surface area contributed by atoms with Crippen LogP contribution in [0.15, 0.2) is 41.1 Å². The van der Waals surface area contributed by atoms with Gasteiger partial charge in [0.1, 0.15) is 4.60 Å². The van der Waals surface area contributed by atoms with Crippen molar-refractivity contribution in [3.8, 4) is 11.1 Å². The Balaban J connectivity index is 2.56. The molecule has 1 heterocycles. The maximum Gasteiger partial charge on any atom is 0.106 e. The summed E-state index contributed by atoms with van der Waals surface area (Å²) in [5.41, 5.74) is 3.81. The molecule has 0 spiro atoms. The largest absolute Gasteiger partial charge is 0.249 e. The first-order valence-corrected chi connectivity index (χ1v) is 6.75. The van der Waals surface area contributed by atoms with Gasteiger partial charge in [-0.3, -0.25) is 0 Å². The Morgan fingerprint density at radius 1 is 1.17 bits per heavy atom. The summed E-state index contributed by atoms with van der Waals surface area (Å²) in [5, 5.41) is 0. The first-order valence-electron chi connectivity index (χ1n) is 6.96. The quantitative estimate of drug-likeness (QED) is 0.667. The van der Waals surface area contributed by atoms with E-state index in [0.717, 1.165) is 16.7 Å². The van der Waals surface area contributed by atoms with E-state index in [9.17, 15) is 0 Å². The second-order valence-corrected chi connectivity index (χ2v) is 6.22. The SMILES string of the molecule is [2H]c1nc(Br)c([2H])c(C)c1-c1ccc(C(C)(C)C)cc1. The van der Waals surface area contributed by atoms with E-state index in [4.69, 9.17) is 2.74 Å². The molecular weight excluding hydrogens is 286 g/mol. The highest BCUT2D eigenvalue weighted by Gasteiger charge is 2.13. The van der Waals surface area contributed by atoms with Crippen LogP contribution < -0.4 is 0 Å². The van der Waals surface area contributed by atoms with Crippen molar-refractivity contribution in [2.75, 3.05) is 0 Å². The summed E-state index contributed by atoms with van der Waals surface area (Å²) in [5.74, 6) is 0. The molecule has 94 valence electrons. The molecule has 0 aliphatic heterocycles. The molecule has 0 aliphatic carbocycles. The third kappa shape index (κ3) is 2.81. The zero-order valence-corrected chi connectivity index (χ0v) is 12.7. The van der Waals surface area contributed by atoms with Crippen molar-refractivity contribution < 1.29 is 2.74 Å². The van der Waals surface area contributed by atoms with Crippen molar-refractivity contribution in [1.29, 1.82) is 0 Å². The second kappa shape index (κ2) is 4.85. The van der Waals surface area contributed by atoms with Crippen LogP contribution in [0.5, 0.6) is 0 Å². The number of hydrogen-bond donors (Lipinski definition) is 0. The van der Waals surface area contributed by atoms with Crippen LogP contribution in [0.1, 0.15) is 34.6 Å². The lowest BCUT2D eigenvalue weighted by Crippen LogP contribution is -2.10. The van der Waals surface area contributed by atoms with Gasteiger partial charge in [0.25, 0.3) is 0 Å². The maximum atomic E-state index is 8.04. The van der Waals surface area contributed by atoms with Gasteiger partial charge in [-0.05, 0) is 51.0 Å². The normalized spacial score (nSPS) is 13.2. The molecule has 2 heteroatoms. The van der Waals surface area contributed by atoms with E-state index in [2.05, 4.69) is 53.8 Å². The number of aromatic nitrogens is 1. The lowest BCUT2D eigenvalue weighted by Gasteiger charge is -2.19. The molecule has 0 atom stereocenters. The van der Waals surface area contributed by atoms with Gasteiger partial charge in [-0.2, -0.15) is 0 Å². The minimum Gasteiger partial charge on any atom is -0.249 e. The first kappa shape index (κ1) is 10.7. The molecule has 2 aromatic rings. The Bertz CT molecular complexity index is 643. The van der Waals surface area contributed by atoms with Gasteiger partial charge < -0.3 is 0 Å². The molecule has 1 aromatic carbocycles. The number of rotatable bonds is 1. The zero-order chi connectivity index (χ0) is 15.1. The van der Waals surface area contributed by atoms with E-state index in [0.29, 0.717) is 10.6 Å². The van der Waals surface area contributed by atoms with E-state index in [1.54, 1.807) is 0 Å². The van der Waals surface area contributed by atoms with E-state index >= 15 is 0 Å². The maximum absolute atomic E-state index is 8.04. The number of benzene rings is 1. The molecule has 0 saturated heterocycles. The minimum atomic E-state index is 0.107. The molecule has 0 N–H and O–H groups in total. The van der Waals surface area contributed by atoms with Crippen LogP contribution in [0.25, 0.3) is 11.1 Å². The van der Waals surface area contributed by atoms with Crippen molar-refractivity contribution in [3.63, 3.8) is 0 Å². The Hall–Kier alpha value is -1.15. The molecule has 0 amide bonds. The van der Waals surface area contributed by atoms with Gasteiger partial charge in [-0.15, -0.1) is 0 Å². The highest BCUT2D eigenvalue weighted by molar-refractivity contribution is 9.10. The molecule has 1 nitrogen and oxygen atoms in total. The first-order chi connectivity index (χ1) is 9.21. The minimum absolute atomic E-state index is 0.107. The van der Waals surface area contributed by atoms with Gasteiger partial charge >= 0.3 is 0 Å². The molecule has 0 unspecified atom stereocenters. The van der Waals surface area contributed by atoms with E-state index in [-0.39, 0.29) is 11.6 Å². The molecule has 2 rings (SSSR count). The molecule has 0 bridgehead atoms. The summed E-state index contributed by atoms with van der Waals surface area (Å²) in [4.78, 5) is 4.08. The fourth-order valence-electron chi connectivity index (χ4n) is 1.85.